The van der Waals surface area contributed by atoms with Crippen LogP contribution in [0.5, 0.6) is 5.75 Å². The number of nitrogens with one attached hydrogen (secondary N) is 1. The van der Waals surface area contributed by atoms with Crippen molar-refractivity contribution >= 4 is 34.4 Å². The van der Waals surface area contributed by atoms with Gasteiger partial charge < -0.3 is 15.0 Å². The Kier molecular flexibility index (Phi) is 6.73. The monoisotopic (exact) mass is 582 g/mol. The summed E-state index contributed by atoms with van der Waals surface area (Å²) in [6.07, 6.45) is 3.98. The molecule has 0 aliphatic carbocycles. The highest BCUT2D eigenvalue weighted by atomic mass is 16.5. The quantitative estimate of drug-likeness (QED) is 0.240. The Hall–Kier alpha value is -4.97. The fourth-order valence-electron chi connectivity index (χ4n) is 7.64. The molecule has 1 amide bonds. The molecular weight excluding hydrogens is 548 g/mol. The molecule has 1 fully saturated rings. The minimum atomic E-state index is -1.34. The molecular formula is C38H34N2O4. The molecule has 0 radical (unpaired) electrons. The first-order valence-corrected chi connectivity index (χ1v) is 15.2. The Morgan fingerprint density at radius 2 is 1.64 bits per heavy atom. The lowest BCUT2D eigenvalue weighted by Gasteiger charge is -2.39. The van der Waals surface area contributed by atoms with Crippen molar-refractivity contribution in [3.63, 3.8) is 0 Å². The van der Waals surface area contributed by atoms with Gasteiger partial charge in [0.25, 0.3) is 0 Å². The van der Waals surface area contributed by atoms with Gasteiger partial charge in [-0.2, -0.15) is 0 Å². The van der Waals surface area contributed by atoms with Crippen molar-refractivity contribution in [1.82, 2.24) is 0 Å². The summed E-state index contributed by atoms with van der Waals surface area (Å²) in [7, 11) is 1.56. The topological polar surface area (TPSA) is 75.7 Å². The number of carbonyl (C=O) groups is 3. The van der Waals surface area contributed by atoms with Gasteiger partial charge in [-0.05, 0) is 54.3 Å². The Balaban J connectivity index is 1.51. The molecule has 0 saturated carbocycles. The smallest absolute Gasteiger partial charge is 0.238 e. The lowest BCUT2D eigenvalue weighted by Crippen LogP contribution is -2.51. The molecule has 6 heteroatoms. The number of hydrogen-bond donors (Lipinski definition) is 1. The third-order valence-electron chi connectivity index (χ3n) is 9.57. The number of anilines is 2. The molecule has 220 valence electrons. The van der Waals surface area contributed by atoms with Crippen molar-refractivity contribution < 1.29 is 19.1 Å². The summed E-state index contributed by atoms with van der Waals surface area (Å²) >= 11 is 0. The fourth-order valence-corrected chi connectivity index (χ4v) is 7.64. The molecule has 7 rings (SSSR count). The first-order chi connectivity index (χ1) is 21.4. The number of fused-ring (bicyclic) bond motifs is 6. The zero-order valence-corrected chi connectivity index (χ0v) is 25.0. The molecule has 6 nitrogen and oxygen atoms in total. The second-order valence-electron chi connectivity index (χ2n) is 11.9. The van der Waals surface area contributed by atoms with E-state index in [0.717, 1.165) is 40.8 Å². The third kappa shape index (κ3) is 3.97. The molecule has 3 heterocycles. The standard InChI is InChI=1S/C38H34N2O4/c1-4-10-24-17-19-25(20-18-24)35(41)33-34(36(42)26-11-9-12-27(22-26)44-3)40-31-16-8-5-13-28(31)23(2)21-32(40)38(33)29-14-6-7-15-30(29)39-37(38)43/h5-9,11-22,32-34H,4,10H2,1-3H3,(H,39,43)/t32-,33-,34+,38+/m1/s1. The number of benzene rings is 4. The third-order valence-corrected chi connectivity index (χ3v) is 9.57. The summed E-state index contributed by atoms with van der Waals surface area (Å²) in [4.78, 5) is 46.5. The molecule has 0 aromatic heterocycles. The number of Topliss-reactive ketones (excluding diaryl/α,β-unsaturated/α-hetero) is 2. The highest BCUT2D eigenvalue weighted by Crippen LogP contribution is 2.58. The zero-order valence-electron chi connectivity index (χ0n) is 25.0. The largest absolute Gasteiger partial charge is 0.497 e. The maximum atomic E-state index is 15.0. The molecule has 0 unspecified atom stereocenters. The maximum Gasteiger partial charge on any atom is 0.238 e. The van der Waals surface area contributed by atoms with Crippen LogP contribution in [0, 0.1) is 5.92 Å². The average molecular weight is 583 g/mol. The van der Waals surface area contributed by atoms with Crippen LogP contribution in [-0.4, -0.2) is 36.7 Å². The molecule has 1 N–H and O–H groups in total. The zero-order chi connectivity index (χ0) is 30.6. The molecule has 3 aliphatic heterocycles. The molecule has 4 aromatic carbocycles. The Bertz CT molecular complexity index is 1840. The van der Waals surface area contributed by atoms with Gasteiger partial charge in [-0.1, -0.05) is 92.2 Å². The van der Waals surface area contributed by atoms with Crippen molar-refractivity contribution in [2.75, 3.05) is 17.3 Å². The number of amides is 1. The first kappa shape index (κ1) is 27.8. The summed E-state index contributed by atoms with van der Waals surface area (Å²) in [5.41, 5.74) is 4.95. The number of allylic oxidation sites excluding steroid dienone is 1. The second kappa shape index (κ2) is 10.6. The predicted octanol–water partition coefficient (Wildman–Crippen LogP) is 6.89. The van der Waals surface area contributed by atoms with E-state index in [1.807, 2.05) is 84.6 Å². The van der Waals surface area contributed by atoms with Crippen LogP contribution < -0.4 is 15.0 Å². The summed E-state index contributed by atoms with van der Waals surface area (Å²) in [5, 5.41) is 3.10. The van der Waals surface area contributed by atoms with Gasteiger partial charge in [0.15, 0.2) is 11.6 Å². The normalized spacial score (nSPS) is 23.0. The highest BCUT2D eigenvalue weighted by molar-refractivity contribution is 6.18. The van der Waals surface area contributed by atoms with E-state index in [1.165, 1.54) is 0 Å². The molecule has 0 bridgehead atoms. The molecule has 1 spiro atoms. The number of aryl methyl sites for hydroxylation is 1. The van der Waals surface area contributed by atoms with E-state index in [-0.39, 0.29) is 17.5 Å². The van der Waals surface area contributed by atoms with Crippen LogP contribution >= 0.6 is 0 Å². The number of ketones is 2. The van der Waals surface area contributed by atoms with E-state index in [2.05, 4.69) is 18.3 Å². The van der Waals surface area contributed by atoms with Crippen LogP contribution in [0.25, 0.3) is 5.57 Å². The number of ether oxygens (including phenoxy) is 1. The van der Waals surface area contributed by atoms with Crippen LogP contribution in [-0.2, 0) is 16.6 Å². The lowest BCUT2D eigenvalue weighted by atomic mass is 9.64. The molecule has 3 aliphatic rings. The van der Waals surface area contributed by atoms with Gasteiger partial charge in [0, 0.05) is 28.1 Å². The summed E-state index contributed by atoms with van der Waals surface area (Å²) in [6.45, 7) is 4.15. The van der Waals surface area contributed by atoms with Crippen LogP contribution in [0.3, 0.4) is 0 Å². The molecule has 4 atom stereocenters. The van der Waals surface area contributed by atoms with Crippen LogP contribution in [0.2, 0.25) is 0 Å². The summed E-state index contributed by atoms with van der Waals surface area (Å²) in [5.74, 6) is -1.18. The van der Waals surface area contributed by atoms with Crippen LogP contribution in [0.15, 0.2) is 103 Å². The van der Waals surface area contributed by atoms with Crippen LogP contribution in [0.1, 0.15) is 57.7 Å². The van der Waals surface area contributed by atoms with Gasteiger partial charge in [-0.15, -0.1) is 0 Å². The Morgan fingerprint density at radius 3 is 2.41 bits per heavy atom. The molecule has 1 saturated heterocycles. The number of nitrogens with zero attached hydrogens (tertiary/aromatic N) is 1. The number of para-hydroxylation sites is 2. The van der Waals surface area contributed by atoms with Crippen molar-refractivity contribution in [1.29, 1.82) is 0 Å². The number of rotatable bonds is 7. The number of methoxy groups -OCH3 is 1. The van der Waals surface area contributed by atoms with Gasteiger partial charge in [0.2, 0.25) is 5.91 Å². The SMILES string of the molecule is CCCc1ccc(C(=O)[C@H]2[C@@H](C(=O)c3cccc(OC)c3)N3c4ccccc4C(C)=C[C@@H]3[C@]23C(=O)Nc2ccccc23)cc1. The van der Waals surface area contributed by atoms with E-state index in [1.54, 1.807) is 31.4 Å². The van der Waals surface area contributed by atoms with E-state index in [4.69, 9.17) is 4.74 Å². The van der Waals surface area contributed by atoms with Gasteiger partial charge in [0.05, 0.1) is 19.1 Å². The Morgan fingerprint density at radius 1 is 0.886 bits per heavy atom. The molecule has 44 heavy (non-hydrogen) atoms. The average Bonchev–Trinajstić information content (AvgIpc) is 3.53. The van der Waals surface area contributed by atoms with Crippen molar-refractivity contribution in [2.24, 2.45) is 5.92 Å². The lowest BCUT2D eigenvalue weighted by molar-refractivity contribution is -0.121. The van der Waals surface area contributed by atoms with E-state index in [9.17, 15) is 9.59 Å². The van der Waals surface area contributed by atoms with Crippen molar-refractivity contribution in [2.45, 2.75) is 44.2 Å². The van der Waals surface area contributed by atoms with Gasteiger partial charge in [0.1, 0.15) is 17.2 Å². The minimum Gasteiger partial charge on any atom is -0.497 e. The predicted molar refractivity (Wildman–Crippen MR) is 172 cm³/mol. The van der Waals surface area contributed by atoms with E-state index >= 15 is 4.79 Å². The maximum absolute atomic E-state index is 15.0. The van der Waals surface area contributed by atoms with Gasteiger partial charge in [-0.3, -0.25) is 14.4 Å². The van der Waals surface area contributed by atoms with E-state index in [0.29, 0.717) is 22.6 Å². The summed E-state index contributed by atoms with van der Waals surface area (Å²) < 4.78 is 5.47. The second-order valence-corrected chi connectivity index (χ2v) is 11.9. The first-order valence-electron chi connectivity index (χ1n) is 15.2. The van der Waals surface area contributed by atoms with Gasteiger partial charge in [-0.25, -0.2) is 0 Å². The number of hydrogen-bond acceptors (Lipinski definition) is 5. The Labute approximate surface area is 257 Å². The van der Waals surface area contributed by atoms with Crippen LogP contribution in [0.4, 0.5) is 11.4 Å². The van der Waals surface area contributed by atoms with Crippen molar-refractivity contribution in [3.8, 4) is 5.75 Å². The highest BCUT2D eigenvalue weighted by Gasteiger charge is 2.70. The van der Waals surface area contributed by atoms with E-state index < -0.39 is 23.4 Å². The minimum absolute atomic E-state index is 0.223. The van der Waals surface area contributed by atoms with Crippen molar-refractivity contribution in [3.05, 3.63) is 131 Å². The summed E-state index contributed by atoms with van der Waals surface area (Å²) in [6, 6.07) is 28.7. The fraction of sp³-hybridized carbons (Fsp3) is 0.237. The number of carbonyl (C=O) groups excluding carboxylic acids is 3. The van der Waals surface area contributed by atoms with Gasteiger partial charge >= 0.3 is 0 Å². The molecule has 4 aromatic rings.